The van der Waals surface area contributed by atoms with Crippen LogP contribution in [0.4, 0.5) is 17.1 Å². The number of carbonyl (C=O) groups excluding carboxylic acids is 1. The average molecular weight is 432 g/mol. The molecule has 1 aromatic heterocycles. The molecule has 0 aliphatic carbocycles. The zero-order chi connectivity index (χ0) is 21.8. The summed E-state index contributed by atoms with van der Waals surface area (Å²) < 4.78 is 6.88. The van der Waals surface area contributed by atoms with Gasteiger partial charge in [-0.05, 0) is 37.3 Å². The lowest BCUT2D eigenvalue weighted by molar-refractivity contribution is -0.395. The number of nitrogens with zero attached hydrogens (tertiary/aromatic N) is 4. The summed E-state index contributed by atoms with van der Waals surface area (Å²) in [5, 5.41) is 29.3. The smallest absolute Gasteiger partial charge is 0.281 e. The molecule has 0 aliphatic heterocycles. The van der Waals surface area contributed by atoms with Crippen LogP contribution in [-0.2, 0) is 6.73 Å². The quantitative estimate of drug-likeness (QED) is 0.440. The maximum absolute atomic E-state index is 12.4. The summed E-state index contributed by atoms with van der Waals surface area (Å²) in [5.41, 5.74) is -1.13. The summed E-state index contributed by atoms with van der Waals surface area (Å²) in [7, 11) is 0. The molecule has 0 spiro atoms. The third-order valence-electron chi connectivity index (χ3n) is 4.05. The van der Waals surface area contributed by atoms with Crippen molar-refractivity contribution in [2.75, 3.05) is 5.32 Å². The molecule has 1 N–H and O–H groups in total. The summed E-state index contributed by atoms with van der Waals surface area (Å²) in [4.78, 5) is 33.2. The molecule has 0 fully saturated rings. The minimum Gasteiger partial charge on any atom is -0.471 e. The first-order valence-electron chi connectivity index (χ1n) is 8.41. The second-order valence-electron chi connectivity index (χ2n) is 6.08. The zero-order valence-electron chi connectivity index (χ0n) is 15.4. The minimum absolute atomic E-state index is 0.000544. The van der Waals surface area contributed by atoms with Crippen LogP contribution in [0.3, 0.4) is 0 Å². The number of carbonyl (C=O) groups is 1. The van der Waals surface area contributed by atoms with Gasteiger partial charge in [0.25, 0.3) is 17.3 Å². The third-order valence-corrected chi connectivity index (χ3v) is 4.31. The number of ether oxygens (including phenoxy) is 1. The molecule has 12 heteroatoms. The van der Waals surface area contributed by atoms with Crippen molar-refractivity contribution in [1.82, 2.24) is 9.78 Å². The highest BCUT2D eigenvalue weighted by Gasteiger charge is 2.24. The number of benzene rings is 2. The monoisotopic (exact) mass is 431 g/mol. The summed E-state index contributed by atoms with van der Waals surface area (Å²) in [6.45, 7) is 1.29. The molecule has 0 saturated carbocycles. The SMILES string of the molecule is Cc1c([N+](=O)[O-])cc(NC(=O)c2ccn(COc3ccc(Cl)cc3)n2)cc1[N+](=O)[O-]. The molecular formula is C18H14ClN5O6. The lowest BCUT2D eigenvalue weighted by atomic mass is 10.1. The summed E-state index contributed by atoms with van der Waals surface area (Å²) in [5.74, 6) is -0.132. The van der Waals surface area contributed by atoms with Crippen LogP contribution >= 0.6 is 11.6 Å². The first-order chi connectivity index (χ1) is 14.2. The molecule has 3 rings (SSSR count). The van der Waals surface area contributed by atoms with E-state index in [-0.39, 0.29) is 23.7 Å². The Labute approximate surface area is 174 Å². The van der Waals surface area contributed by atoms with Crippen molar-refractivity contribution in [3.63, 3.8) is 0 Å². The second kappa shape index (κ2) is 8.57. The van der Waals surface area contributed by atoms with E-state index in [2.05, 4.69) is 10.4 Å². The van der Waals surface area contributed by atoms with E-state index >= 15 is 0 Å². The van der Waals surface area contributed by atoms with Gasteiger partial charge in [-0.15, -0.1) is 0 Å². The highest BCUT2D eigenvalue weighted by Crippen LogP contribution is 2.31. The standard InChI is InChI=1S/C18H14ClN5O6/c1-11-16(23(26)27)8-13(9-17(11)24(28)29)20-18(25)15-6-7-22(21-15)10-30-14-4-2-12(19)3-5-14/h2-9H,10H2,1H3,(H,20,25). The van der Waals surface area contributed by atoms with Gasteiger partial charge < -0.3 is 10.1 Å². The van der Waals surface area contributed by atoms with Crippen molar-refractivity contribution < 1.29 is 19.4 Å². The van der Waals surface area contributed by atoms with Crippen molar-refractivity contribution in [1.29, 1.82) is 0 Å². The van der Waals surface area contributed by atoms with E-state index in [9.17, 15) is 25.0 Å². The number of nitrogens with one attached hydrogen (secondary N) is 1. The van der Waals surface area contributed by atoms with Crippen molar-refractivity contribution in [2.45, 2.75) is 13.7 Å². The molecule has 1 amide bonds. The number of rotatable bonds is 7. The van der Waals surface area contributed by atoms with Gasteiger partial charge in [0.05, 0.1) is 15.5 Å². The molecule has 0 radical (unpaired) electrons. The van der Waals surface area contributed by atoms with Crippen molar-refractivity contribution in [3.05, 3.63) is 85.2 Å². The van der Waals surface area contributed by atoms with Crippen LogP contribution < -0.4 is 10.1 Å². The first kappa shape index (κ1) is 20.7. The number of nitro groups is 2. The van der Waals surface area contributed by atoms with Gasteiger partial charge in [-0.1, -0.05) is 11.6 Å². The Morgan fingerprint density at radius 2 is 1.73 bits per heavy atom. The minimum atomic E-state index is -0.749. The molecule has 0 aliphatic rings. The maximum Gasteiger partial charge on any atom is 0.281 e. The van der Waals surface area contributed by atoms with Crippen LogP contribution in [0.15, 0.2) is 48.7 Å². The fourth-order valence-corrected chi connectivity index (χ4v) is 2.68. The van der Waals surface area contributed by atoms with Gasteiger partial charge in [-0.25, -0.2) is 4.68 Å². The molecule has 0 atom stereocenters. The maximum atomic E-state index is 12.4. The van der Waals surface area contributed by atoms with E-state index in [1.165, 1.54) is 23.9 Å². The second-order valence-corrected chi connectivity index (χ2v) is 6.51. The average Bonchev–Trinajstić information content (AvgIpc) is 3.17. The Kier molecular flexibility index (Phi) is 5.93. The fraction of sp³-hybridized carbons (Fsp3) is 0.111. The van der Waals surface area contributed by atoms with Crippen molar-refractivity contribution in [3.8, 4) is 5.75 Å². The van der Waals surface area contributed by atoms with E-state index < -0.39 is 27.1 Å². The number of hydrogen-bond donors (Lipinski definition) is 1. The van der Waals surface area contributed by atoms with Gasteiger partial charge in [0.1, 0.15) is 11.3 Å². The van der Waals surface area contributed by atoms with E-state index in [0.717, 1.165) is 12.1 Å². The van der Waals surface area contributed by atoms with E-state index in [1.807, 2.05) is 0 Å². The Hall–Kier alpha value is -3.99. The van der Waals surface area contributed by atoms with Gasteiger partial charge in [0, 0.05) is 23.4 Å². The lowest BCUT2D eigenvalue weighted by Gasteiger charge is -2.07. The highest BCUT2D eigenvalue weighted by molar-refractivity contribution is 6.30. The number of halogens is 1. The van der Waals surface area contributed by atoms with Gasteiger partial charge in [0.2, 0.25) is 0 Å². The third kappa shape index (κ3) is 4.70. The summed E-state index contributed by atoms with van der Waals surface area (Å²) in [6, 6.07) is 10.2. The molecule has 2 aromatic carbocycles. The Morgan fingerprint density at radius 3 is 2.30 bits per heavy atom. The van der Waals surface area contributed by atoms with Crippen LogP contribution in [0.25, 0.3) is 0 Å². The lowest BCUT2D eigenvalue weighted by Crippen LogP contribution is -2.15. The number of aromatic nitrogens is 2. The molecule has 1 heterocycles. The zero-order valence-corrected chi connectivity index (χ0v) is 16.2. The first-order valence-corrected chi connectivity index (χ1v) is 8.79. The van der Waals surface area contributed by atoms with Crippen LogP contribution in [0.2, 0.25) is 5.02 Å². The fourth-order valence-electron chi connectivity index (χ4n) is 2.56. The van der Waals surface area contributed by atoms with Crippen LogP contribution in [0.5, 0.6) is 5.75 Å². The molecule has 0 unspecified atom stereocenters. The van der Waals surface area contributed by atoms with Gasteiger partial charge in [-0.3, -0.25) is 25.0 Å². The highest BCUT2D eigenvalue weighted by atomic mass is 35.5. The molecule has 11 nitrogen and oxygen atoms in total. The van der Waals surface area contributed by atoms with Gasteiger partial charge in [0.15, 0.2) is 12.4 Å². The van der Waals surface area contributed by atoms with Crippen LogP contribution in [0.1, 0.15) is 16.1 Å². The van der Waals surface area contributed by atoms with Crippen molar-refractivity contribution in [2.24, 2.45) is 0 Å². The Bertz CT molecular complexity index is 1090. The van der Waals surface area contributed by atoms with E-state index in [4.69, 9.17) is 16.3 Å². The topological polar surface area (TPSA) is 142 Å². The molecule has 30 heavy (non-hydrogen) atoms. The predicted molar refractivity (Wildman–Crippen MR) is 107 cm³/mol. The molecule has 0 bridgehead atoms. The largest absolute Gasteiger partial charge is 0.471 e. The summed E-state index contributed by atoms with van der Waals surface area (Å²) >= 11 is 5.80. The number of anilines is 1. The molecule has 154 valence electrons. The van der Waals surface area contributed by atoms with E-state index in [1.54, 1.807) is 24.3 Å². The Morgan fingerprint density at radius 1 is 1.13 bits per heavy atom. The predicted octanol–water partition coefficient (Wildman–Crippen LogP) is 3.95. The number of nitro benzene ring substituents is 2. The summed E-state index contributed by atoms with van der Waals surface area (Å²) in [6.07, 6.45) is 1.50. The van der Waals surface area contributed by atoms with Crippen LogP contribution in [0, 0.1) is 27.2 Å². The van der Waals surface area contributed by atoms with Gasteiger partial charge >= 0.3 is 0 Å². The van der Waals surface area contributed by atoms with Crippen LogP contribution in [-0.4, -0.2) is 25.5 Å². The molecular weight excluding hydrogens is 418 g/mol. The van der Waals surface area contributed by atoms with E-state index in [0.29, 0.717) is 10.8 Å². The number of amides is 1. The molecule has 0 saturated heterocycles. The van der Waals surface area contributed by atoms with Gasteiger partial charge in [-0.2, -0.15) is 5.10 Å². The normalized spacial score (nSPS) is 10.5. The Balaban J connectivity index is 1.73. The number of hydrogen-bond acceptors (Lipinski definition) is 7. The van der Waals surface area contributed by atoms with Crippen molar-refractivity contribution >= 4 is 34.6 Å². The molecule has 3 aromatic rings.